The van der Waals surface area contributed by atoms with E-state index >= 15 is 0 Å². The van der Waals surface area contributed by atoms with Gasteiger partial charge in [0, 0.05) is 31.1 Å². The average molecular weight is 425 g/mol. The normalized spacial score (nSPS) is 23.8. The molecule has 1 fully saturated rings. The molecule has 3 heterocycles. The molecule has 31 heavy (non-hydrogen) atoms. The second kappa shape index (κ2) is 9.49. The number of benzene rings is 1. The quantitative estimate of drug-likeness (QED) is 0.768. The fraction of sp³-hybridized carbons (Fsp3) is 0.625. The van der Waals surface area contributed by atoms with E-state index in [1.807, 2.05) is 24.3 Å². The molecule has 168 valence electrons. The maximum absolute atomic E-state index is 13.3. The number of carbonyl (C=O) groups is 1. The molecule has 3 atom stereocenters. The fourth-order valence-corrected chi connectivity index (χ4v) is 4.67. The zero-order valence-electron chi connectivity index (χ0n) is 19.3. The predicted octanol–water partition coefficient (Wildman–Crippen LogP) is 3.22. The number of aromatic nitrogens is 2. The Morgan fingerprint density at radius 2 is 1.94 bits per heavy atom. The first-order chi connectivity index (χ1) is 15.0. The van der Waals surface area contributed by atoms with Crippen molar-refractivity contribution in [3.63, 3.8) is 0 Å². The monoisotopic (exact) mass is 424 g/mol. The summed E-state index contributed by atoms with van der Waals surface area (Å²) in [5.74, 6) is 1.73. The molecule has 2 aromatic rings. The second-order valence-corrected chi connectivity index (χ2v) is 9.35. The number of carbonyl (C=O) groups excluding carboxylic acids is 1. The first-order valence-electron chi connectivity index (χ1n) is 11.8. The smallest absolute Gasteiger partial charge is 0.244 e. The maximum atomic E-state index is 13.3. The summed E-state index contributed by atoms with van der Waals surface area (Å²) in [6.07, 6.45) is 3.62. The molecule has 2 bridgehead atoms. The summed E-state index contributed by atoms with van der Waals surface area (Å²) in [7, 11) is 0. The second-order valence-electron chi connectivity index (χ2n) is 9.35. The van der Waals surface area contributed by atoms with Gasteiger partial charge in [-0.1, -0.05) is 45.7 Å². The van der Waals surface area contributed by atoms with Crippen molar-refractivity contribution >= 4 is 22.6 Å². The van der Waals surface area contributed by atoms with E-state index in [0.29, 0.717) is 12.6 Å². The van der Waals surface area contributed by atoms with Crippen LogP contribution in [0.2, 0.25) is 0 Å². The van der Waals surface area contributed by atoms with Crippen LogP contribution < -0.4 is 10.6 Å². The Balaban J connectivity index is 1.66. The lowest BCUT2D eigenvalue weighted by molar-refractivity contribution is -0.126. The van der Waals surface area contributed by atoms with Crippen LogP contribution in [0.3, 0.4) is 0 Å². The Kier molecular flexibility index (Phi) is 6.72. The number of amides is 1. The molecular formula is C24H36N6O. The molecule has 7 heteroatoms. The predicted molar refractivity (Wildman–Crippen MR) is 125 cm³/mol. The van der Waals surface area contributed by atoms with Gasteiger partial charge in [0.05, 0.1) is 18.2 Å². The molecule has 2 aliphatic rings. The van der Waals surface area contributed by atoms with Gasteiger partial charge < -0.3 is 10.6 Å². The lowest BCUT2D eigenvalue weighted by Crippen LogP contribution is -2.63. The Labute approximate surface area is 185 Å². The SMILES string of the molecule is CCCCC(C)N1CCN2Cc3nc(c4ccccc4n3)N[C@@H](C(C)C)C(=O)NC2C1. The summed E-state index contributed by atoms with van der Waals surface area (Å²) in [6.45, 7) is 12.1. The van der Waals surface area contributed by atoms with Gasteiger partial charge >= 0.3 is 0 Å². The van der Waals surface area contributed by atoms with E-state index in [1.54, 1.807) is 0 Å². The van der Waals surface area contributed by atoms with Gasteiger partial charge in [-0.25, -0.2) is 9.97 Å². The number of piperazine rings is 1. The number of nitrogens with zero attached hydrogens (tertiary/aromatic N) is 4. The zero-order chi connectivity index (χ0) is 22.0. The molecule has 0 spiro atoms. The molecule has 1 saturated heterocycles. The summed E-state index contributed by atoms with van der Waals surface area (Å²) in [6, 6.07) is 8.20. The van der Waals surface area contributed by atoms with Crippen LogP contribution in [0.15, 0.2) is 24.3 Å². The topological polar surface area (TPSA) is 73.4 Å². The van der Waals surface area contributed by atoms with Crippen molar-refractivity contribution in [2.75, 3.05) is 25.0 Å². The van der Waals surface area contributed by atoms with E-state index in [1.165, 1.54) is 19.3 Å². The number of unbranched alkanes of at least 4 members (excludes halogenated alkanes) is 1. The van der Waals surface area contributed by atoms with E-state index in [4.69, 9.17) is 9.97 Å². The van der Waals surface area contributed by atoms with Gasteiger partial charge in [-0.2, -0.15) is 0 Å². The van der Waals surface area contributed by atoms with Gasteiger partial charge in [-0.05, 0) is 31.4 Å². The summed E-state index contributed by atoms with van der Waals surface area (Å²) in [5.41, 5.74) is 0.918. The molecule has 1 amide bonds. The van der Waals surface area contributed by atoms with Crippen LogP contribution in [-0.2, 0) is 11.3 Å². The van der Waals surface area contributed by atoms with Gasteiger partial charge in [-0.3, -0.25) is 14.6 Å². The van der Waals surface area contributed by atoms with Crippen LogP contribution in [0, 0.1) is 5.92 Å². The van der Waals surface area contributed by atoms with Crippen LogP contribution in [0.4, 0.5) is 5.82 Å². The number of rotatable bonds is 5. The van der Waals surface area contributed by atoms with Crippen molar-refractivity contribution in [3.8, 4) is 0 Å². The lowest BCUT2D eigenvalue weighted by atomic mass is 10.0. The zero-order valence-corrected chi connectivity index (χ0v) is 19.3. The largest absolute Gasteiger partial charge is 0.358 e. The highest BCUT2D eigenvalue weighted by Gasteiger charge is 2.34. The molecule has 1 aromatic heterocycles. The van der Waals surface area contributed by atoms with Crippen molar-refractivity contribution in [1.82, 2.24) is 25.1 Å². The number of nitrogens with one attached hydrogen (secondary N) is 2. The molecule has 2 unspecified atom stereocenters. The fourth-order valence-electron chi connectivity index (χ4n) is 4.67. The summed E-state index contributed by atoms with van der Waals surface area (Å²) in [5, 5.41) is 7.74. The third-order valence-electron chi connectivity index (χ3n) is 6.67. The third-order valence-corrected chi connectivity index (χ3v) is 6.67. The van der Waals surface area contributed by atoms with Gasteiger partial charge in [0.2, 0.25) is 5.91 Å². The van der Waals surface area contributed by atoms with Gasteiger partial charge in [0.15, 0.2) is 0 Å². The molecule has 1 aromatic carbocycles. The molecule has 0 saturated carbocycles. The Morgan fingerprint density at radius 3 is 2.71 bits per heavy atom. The van der Waals surface area contributed by atoms with E-state index in [2.05, 4.69) is 48.1 Å². The van der Waals surface area contributed by atoms with Crippen molar-refractivity contribution < 1.29 is 4.79 Å². The van der Waals surface area contributed by atoms with E-state index in [9.17, 15) is 4.79 Å². The maximum Gasteiger partial charge on any atom is 0.244 e. The molecule has 7 nitrogen and oxygen atoms in total. The highest BCUT2D eigenvalue weighted by atomic mass is 16.2. The summed E-state index contributed by atoms with van der Waals surface area (Å²) < 4.78 is 0. The Morgan fingerprint density at radius 1 is 1.13 bits per heavy atom. The van der Waals surface area contributed by atoms with E-state index < -0.39 is 0 Å². The standard InChI is InChI=1S/C24H36N6O/c1-5-6-9-17(4)29-12-13-30-14-20-25-19-11-8-7-10-18(19)23(26-20)28-22(16(2)3)24(31)27-21(30)15-29/h7-8,10-11,16-17,21-22H,5-6,9,12-15H2,1-4H3,(H,27,31)(H,25,26,28)/t17?,21?,22-/m0/s1. The molecule has 0 radical (unpaired) electrons. The van der Waals surface area contributed by atoms with Crippen LogP contribution in [0.5, 0.6) is 0 Å². The number of fused-ring (bicyclic) bond motifs is 5. The van der Waals surface area contributed by atoms with Crippen LogP contribution in [0.1, 0.15) is 52.8 Å². The van der Waals surface area contributed by atoms with E-state index in [-0.39, 0.29) is 24.0 Å². The third kappa shape index (κ3) is 4.83. The lowest BCUT2D eigenvalue weighted by Gasteiger charge is -2.44. The molecule has 2 N–H and O–H groups in total. The van der Waals surface area contributed by atoms with E-state index in [0.717, 1.165) is 42.2 Å². The highest BCUT2D eigenvalue weighted by molar-refractivity contribution is 5.92. The Hall–Kier alpha value is -2.25. The van der Waals surface area contributed by atoms with Crippen LogP contribution >= 0.6 is 0 Å². The van der Waals surface area contributed by atoms with Crippen molar-refractivity contribution in [2.24, 2.45) is 5.92 Å². The first kappa shape index (κ1) is 22.0. The van der Waals surface area contributed by atoms with Crippen molar-refractivity contribution in [3.05, 3.63) is 30.1 Å². The molecule has 4 rings (SSSR count). The minimum Gasteiger partial charge on any atom is -0.358 e. The molecule has 2 aliphatic heterocycles. The van der Waals surface area contributed by atoms with Crippen LogP contribution in [-0.4, -0.2) is 63.6 Å². The highest BCUT2D eigenvalue weighted by Crippen LogP contribution is 2.25. The number of hydrogen-bond donors (Lipinski definition) is 2. The molecular weight excluding hydrogens is 388 g/mol. The van der Waals surface area contributed by atoms with Crippen molar-refractivity contribution in [1.29, 1.82) is 0 Å². The number of hydrogen-bond acceptors (Lipinski definition) is 6. The minimum atomic E-state index is -0.348. The van der Waals surface area contributed by atoms with Gasteiger partial charge in [0.1, 0.15) is 17.7 Å². The van der Waals surface area contributed by atoms with Crippen molar-refractivity contribution in [2.45, 2.75) is 71.8 Å². The Bertz CT molecular complexity index is 916. The number of para-hydroxylation sites is 1. The van der Waals surface area contributed by atoms with Gasteiger partial charge in [0.25, 0.3) is 0 Å². The summed E-state index contributed by atoms with van der Waals surface area (Å²) >= 11 is 0. The first-order valence-corrected chi connectivity index (χ1v) is 11.8. The average Bonchev–Trinajstić information content (AvgIpc) is 2.76. The molecule has 0 aliphatic carbocycles. The number of anilines is 1. The van der Waals surface area contributed by atoms with Gasteiger partial charge in [-0.15, -0.1) is 0 Å². The van der Waals surface area contributed by atoms with Crippen LogP contribution in [0.25, 0.3) is 10.9 Å². The summed E-state index contributed by atoms with van der Waals surface area (Å²) in [4.78, 5) is 27.9. The minimum absolute atomic E-state index is 0.0370.